The molecule has 0 aliphatic carbocycles. The van der Waals surface area contributed by atoms with E-state index >= 15 is 0 Å². The van der Waals surface area contributed by atoms with Gasteiger partial charge in [-0.05, 0) is 11.6 Å². The summed E-state index contributed by atoms with van der Waals surface area (Å²) in [5, 5.41) is 6.92. The van der Waals surface area contributed by atoms with E-state index in [0.717, 1.165) is 17.7 Å². The molecular weight excluding hydrogens is 240 g/mol. The Labute approximate surface area is 112 Å². The molecule has 0 unspecified atom stereocenters. The van der Waals surface area contributed by atoms with Crippen LogP contribution in [-0.2, 0) is 18.3 Å². The first kappa shape index (κ1) is 13.3. The number of aryl methyl sites for hydroxylation is 1. The van der Waals surface area contributed by atoms with Crippen LogP contribution in [0.3, 0.4) is 0 Å². The maximum absolute atomic E-state index is 11.9. The number of hydrogen-bond acceptors (Lipinski definition) is 3. The van der Waals surface area contributed by atoms with E-state index in [9.17, 15) is 4.79 Å². The van der Waals surface area contributed by atoms with Crippen molar-refractivity contribution in [2.24, 2.45) is 12.8 Å². The first-order valence-corrected chi connectivity index (χ1v) is 6.23. The van der Waals surface area contributed by atoms with Gasteiger partial charge in [0.25, 0.3) is 0 Å². The third-order valence-electron chi connectivity index (χ3n) is 3.04. The van der Waals surface area contributed by atoms with Crippen LogP contribution in [0.5, 0.6) is 0 Å². The second-order valence-corrected chi connectivity index (χ2v) is 4.38. The topological polar surface area (TPSA) is 72.9 Å². The molecule has 0 saturated heterocycles. The standard InChI is InChI=1S/C14H18N4O/c1-18-12(8-10-17-18)7-9-16-14(19)13(15)11-5-3-2-4-6-11/h2-6,8,10,13H,7,9,15H2,1H3,(H,16,19)/t13-/m1/s1. The Bertz CT molecular complexity index is 535. The van der Waals surface area contributed by atoms with E-state index < -0.39 is 6.04 Å². The van der Waals surface area contributed by atoms with E-state index in [1.807, 2.05) is 43.4 Å². The highest BCUT2D eigenvalue weighted by molar-refractivity contribution is 5.82. The lowest BCUT2D eigenvalue weighted by atomic mass is 10.1. The van der Waals surface area contributed by atoms with Crippen molar-refractivity contribution in [3.8, 4) is 0 Å². The number of nitrogens with zero attached hydrogens (tertiary/aromatic N) is 2. The number of nitrogens with one attached hydrogen (secondary N) is 1. The molecule has 0 aliphatic rings. The van der Waals surface area contributed by atoms with Crippen molar-refractivity contribution in [2.75, 3.05) is 6.54 Å². The van der Waals surface area contributed by atoms with Crippen LogP contribution in [0.4, 0.5) is 0 Å². The van der Waals surface area contributed by atoms with Crippen LogP contribution in [0, 0.1) is 0 Å². The van der Waals surface area contributed by atoms with E-state index in [4.69, 9.17) is 5.73 Å². The van der Waals surface area contributed by atoms with Gasteiger partial charge in [0.15, 0.2) is 0 Å². The first-order valence-electron chi connectivity index (χ1n) is 6.23. The number of rotatable bonds is 5. The number of amides is 1. The lowest BCUT2D eigenvalue weighted by Crippen LogP contribution is -2.35. The summed E-state index contributed by atoms with van der Waals surface area (Å²) < 4.78 is 1.79. The van der Waals surface area contributed by atoms with Gasteiger partial charge in [0.05, 0.1) is 0 Å². The van der Waals surface area contributed by atoms with Gasteiger partial charge >= 0.3 is 0 Å². The zero-order valence-corrected chi connectivity index (χ0v) is 10.9. The summed E-state index contributed by atoms with van der Waals surface area (Å²) in [7, 11) is 1.88. The summed E-state index contributed by atoms with van der Waals surface area (Å²) in [6, 6.07) is 10.7. The van der Waals surface area contributed by atoms with Crippen molar-refractivity contribution in [3.05, 3.63) is 53.9 Å². The zero-order chi connectivity index (χ0) is 13.7. The molecule has 1 amide bonds. The highest BCUT2D eigenvalue weighted by Gasteiger charge is 2.14. The number of aromatic nitrogens is 2. The molecule has 100 valence electrons. The largest absolute Gasteiger partial charge is 0.354 e. The summed E-state index contributed by atoms with van der Waals surface area (Å²) in [5.41, 5.74) is 7.80. The molecule has 0 saturated carbocycles. The van der Waals surface area contributed by atoms with Crippen molar-refractivity contribution in [1.29, 1.82) is 0 Å². The number of hydrogen-bond donors (Lipinski definition) is 2. The lowest BCUT2D eigenvalue weighted by molar-refractivity contribution is -0.122. The molecule has 0 spiro atoms. The molecule has 1 atom stereocenters. The summed E-state index contributed by atoms with van der Waals surface area (Å²) in [5.74, 6) is -0.159. The first-order chi connectivity index (χ1) is 9.18. The predicted molar refractivity (Wildman–Crippen MR) is 73.3 cm³/mol. The molecule has 1 aromatic carbocycles. The Morgan fingerprint density at radius 2 is 2.11 bits per heavy atom. The Morgan fingerprint density at radius 1 is 1.37 bits per heavy atom. The SMILES string of the molecule is Cn1nccc1CCNC(=O)[C@H](N)c1ccccc1. The minimum atomic E-state index is -0.618. The number of carbonyl (C=O) groups excluding carboxylic acids is 1. The van der Waals surface area contributed by atoms with Crippen molar-refractivity contribution >= 4 is 5.91 Å². The molecule has 2 aromatic rings. The van der Waals surface area contributed by atoms with Gasteiger partial charge in [-0.3, -0.25) is 9.48 Å². The van der Waals surface area contributed by atoms with Crippen molar-refractivity contribution in [2.45, 2.75) is 12.5 Å². The average Bonchev–Trinajstić information content (AvgIpc) is 2.84. The molecule has 1 heterocycles. The Kier molecular flexibility index (Phi) is 4.30. The second kappa shape index (κ2) is 6.15. The Morgan fingerprint density at radius 3 is 2.74 bits per heavy atom. The Hall–Kier alpha value is -2.14. The molecule has 5 heteroatoms. The highest BCUT2D eigenvalue weighted by atomic mass is 16.2. The maximum atomic E-state index is 11.9. The summed E-state index contributed by atoms with van der Waals surface area (Å²) >= 11 is 0. The zero-order valence-electron chi connectivity index (χ0n) is 10.9. The van der Waals surface area contributed by atoms with E-state index in [2.05, 4.69) is 10.4 Å². The van der Waals surface area contributed by atoms with Gasteiger partial charge in [0.2, 0.25) is 5.91 Å². The fourth-order valence-corrected chi connectivity index (χ4v) is 1.88. The van der Waals surface area contributed by atoms with Gasteiger partial charge in [-0.15, -0.1) is 0 Å². The minimum Gasteiger partial charge on any atom is -0.354 e. The van der Waals surface area contributed by atoms with Crippen LogP contribution >= 0.6 is 0 Å². The molecule has 19 heavy (non-hydrogen) atoms. The molecule has 0 fully saturated rings. The van der Waals surface area contributed by atoms with Gasteiger partial charge < -0.3 is 11.1 Å². The van der Waals surface area contributed by atoms with Crippen molar-refractivity contribution in [3.63, 3.8) is 0 Å². The minimum absolute atomic E-state index is 0.159. The van der Waals surface area contributed by atoms with Gasteiger partial charge in [0.1, 0.15) is 6.04 Å². The van der Waals surface area contributed by atoms with Crippen LogP contribution in [0.25, 0.3) is 0 Å². The van der Waals surface area contributed by atoms with Gasteiger partial charge in [0, 0.05) is 31.9 Å². The number of carbonyl (C=O) groups is 1. The summed E-state index contributed by atoms with van der Waals surface area (Å²) in [6.07, 6.45) is 2.48. The Balaban J connectivity index is 1.83. The molecular formula is C14H18N4O. The molecule has 0 bridgehead atoms. The predicted octanol–water partition coefficient (Wildman–Crippen LogP) is 0.779. The number of benzene rings is 1. The van der Waals surface area contributed by atoms with Crippen LogP contribution in [0.2, 0.25) is 0 Å². The van der Waals surface area contributed by atoms with Crippen LogP contribution in [-0.4, -0.2) is 22.2 Å². The van der Waals surface area contributed by atoms with E-state index in [0.29, 0.717) is 6.54 Å². The molecule has 1 aromatic heterocycles. The smallest absolute Gasteiger partial charge is 0.241 e. The monoisotopic (exact) mass is 258 g/mol. The van der Waals surface area contributed by atoms with Crippen LogP contribution < -0.4 is 11.1 Å². The van der Waals surface area contributed by atoms with Crippen LogP contribution in [0.15, 0.2) is 42.6 Å². The summed E-state index contributed by atoms with van der Waals surface area (Å²) in [6.45, 7) is 0.554. The van der Waals surface area contributed by atoms with Gasteiger partial charge in [-0.25, -0.2) is 0 Å². The third kappa shape index (κ3) is 3.42. The lowest BCUT2D eigenvalue weighted by Gasteiger charge is -2.12. The van der Waals surface area contributed by atoms with Crippen LogP contribution in [0.1, 0.15) is 17.3 Å². The number of nitrogens with two attached hydrogens (primary N) is 1. The van der Waals surface area contributed by atoms with Gasteiger partial charge in [-0.2, -0.15) is 5.10 Å². The highest BCUT2D eigenvalue weighted by Crippen LogP contribution is 2.09. The van der Waals surface area contributed by atoms with Crippen molar-refractivity contribution in [1.82, 2.24) is 15.1 Å². The van der Waals surface area contributed by atoms with E-state index in [1.54, 1.807) is 10.9 Å². The van der Waals surface area contributed by atoms with Gasteiger partial charge in [-0.1, -0.05) is 30.3 Å². The van der Waals surface area contributed by atoms with E-state index in [1.165, 1.54) is 0 Å². The second-order valence-electron chi connectivity index (χ2n) is 4.38. The van der Waals surface area contributed by atoms with Crippen molar-refractivity contribution < 1.29 is 4.79 Å². The third-order valence-corrected chi connectivity index (χ3v) is 3.04. The molecule has 0 aliphatic heterocycles. The average molecular weight is 258 g/mol. The normalized spacial score (nSPS) is 12.1. The fourth-order valence-electron chi connectivity index (χ4n) is 1.88. The molecule has 5 nitrogen and oxygen atoms in total. The van der Waals surface area contributed by atoms with E-state index in [-0.39, 0.29) is 5.91 Å². The molecule has 0 radical (unpaired) electrons. The molecule has 3 N–H and O–H groups in total. The molecule has 2 rings (SSSR count). The quantitative estimate of drug-likeness (QED) is 0.832. The summed E-state index contributed by atoms with van der Waals surface area (Å²) in [4.78, 5) is 11.9. The maximum Gasteiger partial charge on any atom is 0.241 e. The fraction of sp³-hybridized carbons (Fsp3) is 0.286.